The number of nitrogens with one attached hydrogen (secondary N) is 1. The summed E-state index contributed by atoms with van der Waals surface area (Å²) in [5.41, 5.74) is 11.8. The van der Waals surface area contributed by atoms with Crippen molar-refractivity contribution in [1.29, 1.82) is 0 Å². The molecule has 0 radical (unpaired) electrons. The minimum absolute atomic E-state index is 0.0625. The first-order valence-electron chi connectivity index (χ1n) is 43.5. The molecule has 0 unspecified atom stereocenters. The Balaban J connectivity index is 0.000000122. The highest BCUT2D eigenvalue weighted by molar-refractivity contribution is 7.48. The Hall–Kier alpha value is -14.7. The van der Waals surface area contributed by atoms with E-state index in [2.05, 4.69) is 248 Å². The molecular weight excluding hydrogens is 1640 g/mol. The number of fused-ring (bicyclic) bond motifs is 26. The van der Waals surface area contributed by atoms with Crippen LogP contribution in [0.3, 0.4) is 0 Å². The summed E-state index contributed by atoms with van der Waals surface area (Å²) in [5, 5.41) is 29.9. The summed E-state index contributed by atoms with van der Waals surface area (Å²) in [7, 11) is -9.77. The Morgan fingerprint density at radius 3 is 0.721 bits per heavy atom. The number of alkyl halides is 2. The van der Waals surface area contributed by atoms with Crippen molar-refractivity contribution in [2.75, 3.05) is 13.1 Å². The summed E-state index contributed by atoms with van der Waals surface area (Å²) < 4.78 is 78.5. The van der Waals surface area contributed by atoms with E-state index in [4.69, 9.17) is 18.1 Å². The predicted molar refractivity (Wildman–Crippen MR) is 525 cm³/mol. The van der Waals surface area contributed by atoms with Gasteiger partial charge >= 0.3 is 15.6 Å². The molecule has 0 bridgehead atoms. The lowest BCUT2D eigenvalue weighted by Gasteiger charge is -2.25. The van der Waals surface area contributed by atoms with E-state index in [0.29, 0.717) is 46.8 Å². The fraction of sp³-hybridized carbons (Fsp3) is 0.0609. The van der Waals surface area contributed by atoms with Crippen LogP contribution in [-0.4, -0.2) is 23.9 Å². The predicted octanol–water partition coefficient (Wildman–Crippen LogP) is 29.3. The lowest BCUT2D eigenvalue weighted by Crippen LogP contribution is -2.87. The van der Waals surface area contributed by atoms with Crippen LogP contribution in [0.15, 0.2) is 400 Å². The highest BCUT2D eigenvalue weighted by atomic mass is 31.2. The van der Waals surface area contributed by atoms with E-state index >= 15 is 0 Å². The van der Waals surface area contributed by atoms with Gasteiger partial charge in [0.2, 0.25) is 0 Å². The maximum absolute atomic E-state index is 14.5. The fourth-order valence-electron chi connectivity index (χ4n) is 19.5. The Kier molecular flexibility index (Phi) is 20.7. The maximum Gasteiger partial charge on any atom is 0.584 e. The minimum Gasteiger partial charge on any atom is -0.736 e. The topological polar surface area (TPSA) is 143 Å². The summed E-state index contributed by atoms with van der Waals surface area (Å²) in [4.78, 5) is 26.2. The molecule has 25 rings (SSSR count). The molecule has 0 amide bonds. The zero-order chi connectivity index (χ0) is 86.9. The van der Waals surface area contributed by atoms with Crippen LogP contribution in [0.5, 0.6) is 23.0 Å². The zero-order valence-electron chi connectivity index (χ0n) is 69.9. The number of nitrogens with two attached hydrogens (primary N) is 1. The third-order valence-electron chi connectivity index (χ3n) is 25.3. The first-order chi connectivity index (χ1) is 63.2. The summed E-state index contributed by atoms with van der Waals surface area (Å²) in [6, 6.07) is 137. The van der Waals surface area contributed by atoms with Crippen molar-refractivity contribution in [3.05, 3.63) is 412 Å². The van der Waals surface area contributed by atoms with Crippen molar-refractivity contribution < 1.29 is 51.1 Å². The van der Waals surface area contributed by atoms with Crippen molar-refractivity contribution in [3.8, 4) is 89.8 Å². The van der Waals surface area contributed by atoms with E-state index in [1.54, 1.807) is 0 Å². The Morgan fingerprint density at radius 1 is 0.271 bits per heavy atom. The molecule has 0 saturated carbocycles. The highest BCUT2D eigenvalue weighted by Crippen LogP contribution is 2.65. The second kappa shape index (κ2) is 33.3. The number of phosphoric ester groups is 2. The summed E-state index contributed by atoms with van der Waals surface area (Å²) in [5.74, 6) is -1.20. The van der Waals surface area contributed by atoms with Crippen molar-refractivity contribution in [2.45, 2.75) is 31.9 Å². The van der Waals surface area contributed by atoms with Gasteiger partial charge in [0.05, 0.1) is 25.9 Å². The van der Waals surface area contributed by atoms with E-state index in [0.717, 1.165) is 187 Å². The van der Waals surface area contributed by atoms with Gasteiger partial charge in [-0.3, -0.25) is 4.89 Å². The van der Waals surface area contributed by atoms with Gasteiger partial charge in [-0.25, -0.2) is 17.9 Å². The molecule has 4 N–H and O–H groups in total. The molecule has 624 valence electrons. The number of rotatable bonds is 8. The van der Waals surface area contributed by atoms with Gasteiger partial charge < -0.3 is 33.6 Å². The smallest absolute Gasteiger partial charge is 0.584 e. The lowest BCUT2D eigenvalue weighted by molar-refractivity contribution is -0.669. The SMILES string of the molecule is FC1(F)CC[NH2+]CC1.O=P1(O)Oc2c(-c3cc4ccccc4c4ccccc34)cc3ccccc3c2-c2c(c(-c3cc4ccccc4c4ccccc34)cc3ccccc23)O1.O=P1([O-])Oc2c(-c3cc4ccccc4c4ccccc34)cc3ccccc3c2-c2c(c(-c3cc4ccccc4c4ccccc34)cc3ccccc23)O1.c1ccc(CNCc2ccccc2)cc1. The largest absolute Gasteiger partial charge is 0.736 e. The second-order valence-electron chi connectivity index (χ2n) is 33.2. The van der Waals surface area contributed by atoms with Crippen LogP contribution < -0.4 is 33.6 Å². The quantitative estimate of drug-likeness (QED) is 0.100. The van der Waals surface area contributed by atoms with E-state index in [-0.39, 0.29) is 24.3 Å². The van der Waals surface area contributed by atoms with E-state index in [9.17, 15) is 27.7 Å². The molecule has 14 heteroatoms. The summed E-state index contributed by atoms with van der Waals surface area (Å²) in [6.07, 6.45) is 0.125. The van der Waals surface area contributed by atoms with Crippen molar-refractivity contribution >= 4 is 145 Å². The first kappa shape index (κ1) is 80.2. The molecule has 22 aromatic carbocycles. The number of phosphoric acid groups is 2. The van der Waals surface area contributed by atoms with Gasteiger partial charge in [0.25, 0.3) is 5.92 Å². The van der Waals surface area contributed by atoms with Crippen LogP contribution in [-0.2, 0) is 22.2 Å². The van der Waals surface area contributed by atoms with E-state index in [1.165, 1.54) is 11.1 Å². The second-order valence-corrected chi connectivity index (χ2v) is 35.8. The van der Waals surface area contributed by atoms with Gasteiger partial charge in [0.1, 0.15) is 23.0 Å². The molecule has 22 aromatic rings. The van der Waals surface area contributed by atoms with Crippen LogP contribution in [0.25, 0.3) is 196 Å². The monoisotopic (exact) mass is 1720 g/mol. The number of piperidine rings is 1. The molecule has 1 fully saturated rings. The molecule has 0 aromatic heterocycles. The molecule has 0 spiro atoms. The van der Waals surface area contributed by atoms with Crippen molar-refractivity contribution in [3.63, 3.8) is 0 Å². The maximum atomic E-state index is 14.5. The molecule has 3 heterocycles. The van der Waals surface area contributed by atoms with Crippen molar-refractivity contribution in [2.24, 2.45) is 0 Å². The molecule has 0 aliphatic carbocycles. The average Bonchev–Trinajstić information content (AvgIpc) is 1.71. The molecule has 0 atom stereocenters. The van der Waals surface area contributed by atoms with E-state index in [1.807, 2.05) is 163 Å². The average molecular weight is 1720 g/mol. The fourth-order valence-corrected chi connectivity index (χ4v) is 21.3. The summed E-state index contributed by atoms with van der Waals surface area (Å²) in [6.45, 7) is 3.03. The Bertz CT molecular complexity index is 7470. The van der Waals surface area contributed by atoms with Crippen molar-refractivity contribution in [1.82, 2.24) is 5.32 Å². The van der Waals surface area contributed by atoms with E-state index < -0.39 is 21.6 Å². The van der Waals surface area contributed by atoms with Gasteiger partial charge in [-0.2, -0.15) is 0 Å². The Labute approximate surface area is 742 Å². The van der Waals surface area contributed by atoms with Gasteiger partial charge in [-0.05, 0) is 211 Å². The number of benzene rings is 22. The number of hydrogen-bond acceptors (Lipinski definition) is 8. The number of quaternary nitrogens is 1. The standard InChI is InChI=1S/2C48H29O4P.C14H15N.C5H9F2N/c2*49-53(50)51-47-43(41-25-29-13-1-5-17-33(29)37-21-9-11-23-39(37)41)27-31-15-3-7-19-35(31)45(47)46-36-20-8-4-16-32(36)28-44(48(46)52-53)42-26-30-14-2-6-18-34(30)38-22-10-12-24-40(38)42;1-3-7-13(8-4-1)11-15-12-14-9-5-2-6-10-14;6-5(7)1-3-8-4-2-5/h2*1-28H,(H,49,50);1-10,15H,11-12H2;8H,1-4H2. The third kappa shape index (κ3) is 15.1. The van der Waals surface area contributed by atoms with Gasteiger partial charge in [0, 0.05) is 57.6 Å². The number of hydrogen-bond donors (Lipinski definition) is 3. The molecular formula is C115H82F2N2O8P2. The molecule has 10 nitrogen and oxygen atoms in total. The van der Waals surface area contributed by atoms with Crippen LogP contribution in [0.4, 0.5) is 8.78 Å². The van der Waals surface area contributed by atoms with Crippen LogP contribution in [0.1, 0.15) is 24.0 Å². The van der Waals surface area contributed by atoms with Gasteiger partial charge in [-0.15, -0.1) is 0 Å². The minimum atomic E-state index is -5.01. The highest BCUT2D eigenvalue weighted by Gasteiger charge is 2.40. The molecule has 3 aliphatic heterocycles. The third-order valence-corrected chi connectivity index (χ3v) is 27.0. The van der Waals surface area contributed by atoms with Crippen LogP contribution in [0, 0.1) is 0 Å². The van der Waals surface area contributed by atoms with Gasteiger partial charge in [-0.1, -0.05) is 352 Å². The first-order valence-corrected chi connectivity index (χ1v) is 46.4. The van der Waals surface area contributed by atoms with Crippen LogP contribution >= 0.6 is 15.6 Å². The summed E-state index contributed by atoms with van der Waals surface area (Å²) >= 11 is 0. The molecule has 3 aliphatic rings. The van der Waals surface area contributed by atoms with Crippen LogP contribution in [0.2, 0.25) is 0 Å². The normalized spacial score (nSPS) is 14.0. The van der Waals surface area contributed by atoms with Gasteiger partial charge in [0.15, 0.2) is 0 Å². The zero-order valence-corrected chi connectivity index (χ0v) is 71.7. The molecule has 1 saturated heterocycles. The molecule has 129 heavy (non-hydrogen) atoms. The number of halogens is 2. The Morgan fingerprint density at radius 2 is 0.473 bits per heavy atom. The lowest BCUT2D eigenvalue weighted by atomic mass is 9.84.